The lowest BCUT2D eigenvalue weighted by Gasteiger charge is -2.30. The van der Waals surface area contributed by atoms with E-state index in [2.05, 4.69) is 15.6 Å². The van der Waals surface area contributed by atoms with Crippen molar-refractivity contribution in [2.24, 2.45) is 0 Å². The van der Waals surface area contributed by atoms with Crippen molar-refractivity contribution in [3.8, 4) is 0 Å². The van der Waals surface area contributed by atoms with E-state index in [0.29, 0.717) is 11.1 Å². The summed E-state index contributed by atoms with van der Waals surface area (Å²) in [6.45, 7) is 0.953. The summed E-state index contributed by atoms with van der Waals surface area (Å²) >= 11 is 0. The Morgan fingerprint density at radius 1 is 1.02 bits per heavy atom. The second kappa shape index (κ2) is 12.7. The Morgan fingerprint density at radius 2 is 1.77 bits per heavy atom. The highest BCUT2D eigenvalue weighted by atomic mass is 19.3. The van der Waals surface area contributed by atoms with Crippen LogP contribution in [0.5, 0.6) is 0 Å². The minimum atomic E-state index is -3.32. The number of nitrogens with one attached hydrogen (secondary N) is 2. The molecule has 2 heterocycles. The molecule has 5 rings (SSSR count). The number of likely N-dealkylation sites (tertiary alicyclic amines) is 1. The number of halogens is 2. The summed E-state index contributed by atoms with van der Waals surface area (Å²) in [7, 11) is 0. The molecule has 3 amide bonds. The van der Waals surface area contributed by atoms with Crippen molar-refractivity contribution in [1.29, 1.82) is 0 Å². The van der Waals surface area contributed by atoms with E-state index in [0.717, 1.165) is 21.4 Å². The lowest BCUT2D eigenvalue weighted by molar-refractivity contribution is -0.147. The van der Waals surface area contributed by atoms with E-state index in [1.165, 1.54) is 0 Å². The van der Waals surface area contributed by atoms with Gasteiger partial charge < -0.3 is 20.6 Å². The highest BCUT2D eigenvalue weighted by molar-refractivity contribution is 5.98. The molecular formula is C33H32F2N4O4. The van der Waals surface area contributed by atoms with Gasteiger partial charge in [0.2, 0.25) is 5.91 Å². The van der Waals surface area contributed by atoms with Crippen molar-refractivity contribution >= 4 is 28.6 Å². The third-order valence-corrected chi connectivity index (χ3v) is 7.68. The number of aliphatic hydroxyl groups excluding tert-OH is 1. The van der Waals surface area contributed by atoms with E-state index < -0.39 is 54.8 Å². The van der Waals surface area contributed by atoms with Crippen molar-refractivity contribution < 1.29 is 28.3 Å². The quantitative estimate of drug-likeness (QED) is 0.276. The van der Waals surface area contributed by atoms with Crippen LogP contribution in [0.15, 0.2) is 91.1 Å². The Balaban J connectivity index is 1.36. The average Bonchev–Trinajstić information content (AvgIpc) is 3.35. The van der Waals surface area contributed by atoms with Crippen molar-refractivity contribution in [3.05, 3.63) is 113 Å². The zero-order valence-corrected chi connectivity index (χ0v) is 23.5. The molecule has 0 unspecified atom stereocenters. The fraction of sp³-hybridized carbons (Fsp3) is 0.273. The number of fused-ring (bicyclic) bond motifs is 1. The topological polar surface area (TPSA) is 112 Å². The van der Waals surface area contributed by atoms with Crippen LogP contribution in [0.4, 0.5) is 8.78 Å². The minimum absolute atomic E-state index is 0.0446. The number of aromatic nitrogens is 1. The van der Waals surface area contributed by atoms with E-state index in [-0.39, 0.29) is 18.5 Å². The first-order valence-electron chi connectivity index (χ1n) is 14.0. The second-order valence-corrected chi connectivity index (χ2v) is 10.8. The van der Waals surface area contributed by atoms with E-state index in [1.54, 1.807) is 72.9 Å². The molecule has 4 aromatic rings. The Hall–Kier alpha value is -4.70. The Kier molecular flexibility index (Phi) is 8.77. The summed E-state index contributed by atoms with van der Waals surface area (Å²) in [6, 6.07) is 22.0. The van der Waals surface area contributed by atoms with E-state index >= 15 is 0 Å². The van der Waals surface area contributed by atoms with Crippen LogP contribution in [0.25, 0.3) is 10.9 Å². The number of carbonyl (C=O) groups excluding carboxylic acids is 3. The zero-order chi connectivity index (χ0) is 30.6. The van der Waals surface area contributed by atoms with Gasteiger partial charge in [0.25, 0.3) is 17.7 Å². The molecule has 0 aliphatic carbocycles. The maximum absolute atomic E-state index is 14.6. The normalized spacial score (nSPS) is 17.3. The number of pyridine rings is 1. The Labute approximate surface area is 247 Å². The zero-order valence-electron chi connectivity index (χ0n) is 23.5. The van der Waals surface area contributed by atoms with Crippen LogP contribution in [0.1, 0.15) is 33.5 Å². The first-order valence-corrected chi connectivity index (χ1v) is 14.0. The largest absolute Gasteiger partial charge is 0.381 e. The number of rotatable bonds is 9. The summed E-state index contributed by atoms with van der Waals surface area (Å²) < 4.78 is 29.3. The number of alkyl halides is 2. The monoisotopic (exact) mass is 586 g/mol. The first-order chi connectivity index (χ1) is 20.6. The number of hydrogen-bond donors (Lipinski definition) is 3. The first kappa shape index (κ1) is 29.8. The molecule has 3 N–H and O–H groups in total. The maximum atomic E-state index is 14.6. The molecule has 0 saturated carbocycles. The molecular weight excluding hydrogens is 554 g/mol. The van der Waals surface area contributed by atoms with Crippen LogP contribution in [-0.4, -0.2) is 63.4 Å². The third kappa shape index (κ3) is 7.03. The Morgan fingerprint density at radius 3 is 2.53 bits per heavy atom. The van der Waals surface area contributed by atoms with Gasteiger partial charge >= 0.3 is 0 Å². The molecule has 1 saturated heterocycles. The number of hydrogen-bond acceptors (Lipinski definition) is 5. The highest BCUT2D eigenvalue weighted by Crippen LogP contribution is 2.33. The van der Waals surface area contributed by atoms with Crippen molar-refractivity contribution in [3.63, 3.8) is 0 Å². The molecule has 8 nitrogen and oxygen atoms in total. The summed E-state index contributed by atoms with van der Waals surface area (Å²) in [5.41, 5.74) is 3.41. The number of carbonyl (C=O) groups is 3. The van der Waals surface area contributed by atoms with Crippen molar-refractivity contribution in [2.75, 3.05) is 6.54 Å². The van der Waals surface area contributed by atoms with Gasteiger partial charge in [0.05, 0.1) is 18.1 Å². The number of aliphatic hydroxyl groups is 1. The molecule has 222 valence electrons. The molecule has 0 radical (unpaired) electrons. The van der Waals surface area contributed by atoms with Crippen LogP contribution in [-0.2, 0) is 22.6 Å². The van der Waals surface area contributed by atoms with Gasteiger partial charge in [0.1, 0.15) is 6.04 Å². The van der Waals surface area contributed by atoms with Gasteiger partial charge in [-0.25, -0.2) is 8.78 Å². The summed E-state index contributed by atoms with van der Waals surface area (Å²) in [4.78, 5) is 45.0. The summed E-state index contributed by atoms with van der Waals surface area (Å²) in [5, 5.41) is 17.4. The fourth-order valence-corrected chi connectivity index (χ4v) is 5.31. The van der Waals surface area contributed by atoms with Gasteiger partial charge in [-0.15, -0.1) is 0 Å². The van der Waals surface area contributed by atoms with Gasteiger partial charge in [0, 0.05) is 30.1 Å². The molecule has 43 heavy (non-hydrogen) atoms. The molecule has 0 spiro atoms. The van der Waals surface area contributed by atoms with Gasteiger partial charge in [0.15, 0.2) is 6.10 Å². The van der Waals surface area contributed by atoms with Gasteiger partial charge in [-0.2, -0.15) is 0 Å². The number of nitrogens with zero attached hydrogens (tertiary/aromatic N) is 2. The van der Waals surface area contributed by atoms with E-state index in [9.17, 15) is 28.3 Å². The smallest absolute Gasteiger partial charge is 0.267 e. The van der Waals surface area contributed by atoms with Crippen molar-refractivity contribution in [1.82, 2.24) is 20.5 Å². The van der Waals surface area contributed by atoms with Gasteiger partial charge in [-0.05, 0) is 54.3 Å². The van der Waals surface area contributed by atoms with Crippen LogP contribution in [0, 0.1) is 6.92 Å². The second-order valence-electron chi connectivity index (χ2n) is 10.8. The molecule has 10 heteroatoms. The highest BCUT2D eigenvalue weighted by Gasteiger charge is 2.51. The molecule has 1 aromatic heterocycles. The third-order valence-electron chi connectivity index (χ3n) is 7.68. The van der Waals surface area contributed by atoms with E-state index in [4.69, 9.17) is 0 Å². The van der Waals surface area contributed by atoms with Crippen LogP contribution >= 0.6 is 0 Å². The fourth-order valence-electron chi connectivity index (χ4n) is 5.31. The number of benzene rings is 3. The van der Waals surface area contributed by atoms with Crippen molar-refractivity contribution in [2.45, 2.75) is 50.4 Å². The minimum Gasteiger partial charge on any atom is -0.381 e. The van der Waals surface area contributed by atoms with Crippen LogP contribution < -0.4 is 10.6 Å². The molecule has 1 aliphatic heterocycles. The lowest BCUT2D eigenvalue weighted by Crippen LogP contribution is -2.55. The molecule has 3 atom stereocenters. The Bertz CT molecular complexity index is 1630. The molecule has 0 bridgehead atoms. The molecule has 1 aliphatic rings. The SMILES string of the molecule is Cc1ccccc1CNC(=O)[C@@H]1CC(F)(F)CN1C(=O)[C@@H](O)[C@H](Cc1ccccc1)NC(=O)c1ccc2ncccc2c1. The van der Waals surface area contributed by atoms with Gasteiger partial charge in [-0.3, -0.25) is 19.4 Å². The van der Waals surface area contributed by atoms with E-state index in [1.807, 2.05) is 25.1 Å². The lowest BCUT2D eigenvalue weighted by atomic mass is 9.99. The predicted octanol–water partition coefficient (Wildman–Crippen LogP) is 3.80. The standard InChI is InChI=1S/C33H32F2N4O4/c1-21-8-5-6-11-25(21)19-37-31(42)28-18-33(34,35)20-39(28)32(43)29(40)27(16-22-9-3-2-4-10-22)38-30(41)24-13-14-26-23(17-24)12-7-15-36-26/h2-15,17,27-29,40H,16,18-20H2,1H3,(H,37,42)(H,38,41)/t27-,28-,29-/m0/s1. The molecule has 1 fully saturated rings. The van der Waals surface area contributed by atoms with Crippen LogP contribution in [0.3, 0.4) is 0 Å². The number of amides is 3. The van der Waals surface area contributed by atoms with Gasteiger partial charge in [-0.1, -0.05) is 60.7 Å². The molecule has 3 aromatic carbocycles. The predicted molar refractivity (Wildman–Crippen MR) is 157 cm³/mol. The summed E-state index contributed by atoms with van der Waals surface area (Å²) in [6.07, 6.45) is -1.08. The number of aryl methyl sites for hydroxylation is 1. The van der Waals surface area contributed by atoms with Crippen LogP contribution in [0.2, 0.25) is 0 Å². The maximum Gasteiger partial charge on any atom is 0.267 e. The average molecular weight is 587 g/mol. The summed E-state index contributed by atoms with van der Waals surface area (Å²) in [5.74, 6) is -5.68.